The quantitative estimate of drug-likeness (QED) is 0.246. The molecular formula is C30H27NO3. The van der Waals surface area contributed by atoms with Crippen molar-refractivity contribution in [3.63, 3.8) is 0 Å². The Balaban J connectivity index is 1.34. The van der Waals surface area contributed by atoms with E-state index >= 15 is 0 Å². The van der Waals surface area contributed by atoms with E-state index in [1.807, 2.05) is 36.4 Å². The van der Waals surface area contributed by atoms with Crippen LogP contribution < -0.4 is 4.74 Å². The molecule has 4 nitrogen and oxygen atoms in total. The van der Waals surface area contributed by atoms with Gasteiger partial charge in [0.25, 0.3) is 0 Å². The van der Waals surface area contributed by atoms with Crippen LogP contribution in [0.15, 0.2) is 95.5 Å². The van der Waals surface area contributed by atoms with Gasteiger partial charge in [-0.1, -0.05) is 84.0 Å². The molecule has 0 amide bonds. The van der Waals surface area contributed by atoms with Gasteiger partial charge in [-0.25, -0.2) is 0 Å². The van der Waals surface area contributed by atoms with Crippen molar-refractivity contribution in [1.29, 1.82) is 0 Å². The normalized spacial score (nSPS) is 15.4. The van der Waals surface area contributed by atoms with Crippen molar-refractivity contribution in [1.82, 2.24) is 5.16 Å². The van der Waals surface area contributed by atoms with E-state index in [1.165, 1.54) is 23.6 Å². The first-order valence-corrected chi connectivity index (χ1v) is 11.7. The summed E-state index contributed by atoms with van der Waals surface area (Å²) in [6.07, 6.45) is 7.05. The highest BCUT2D eigenvalue weighted by Crippen LogP contribution is 2.34. The number of fused-ring (bicyclic) bond motifs is 1. The van der Waals surface area contributed by atoms with Crippen LogP contribution in [0.1, 0.15) is 53.0 Å². The first-order chi connectivity index (χ1) is 16.7. The van der Waals surface area contributed by atoms with Crippen molar-refractivity contribution in [3.05, 3.63) is 125 Å². The maximum absolute atomic E-state index is 11.4. The maximum Gasteiger partial charge on any atom is 0.308 e. The number of aromatic nitrogens is 1. The lowest BCUT2D eigenvalue weighted by atomic mass is 9.83. The Bertz CT molecular complexity index is 1250. The lowest BCUT2D eigenvalue weighted by Crippen LogP contribution is -2.14. The highest BCUT2D eigenvalue weighted by molar-refractivity contribution is 5.70. The van der Waals surface area contributed by atoms with Crippen molar-refractivity contribution in [2.24, 2.45) is 5.92 Å². The molecule has 4 heteroatoms. The number of allylic oxidation sites excluding steroid dienone is 1. The molecule has 3 aromatic carbocycles. The molecule has 0 saturated heterocycles. The highest BCUT2D eigenvalue weighted by Gasteiger charge is 2.22. The first-order valence-electron chi connectivity index (χ1n) is 11.7. The molecule has 0 aliphatic heterocycles. The Labute approximate surface area is 199 Å². The van der Waals surface area contributed by atoms with Gasteiger partial charge in [0.05, 0.1) is 11.6 Å². The number of rotatable bonds is 6. The molecule has 0 radical (unpaired) electrons. The largest absolute Gasteiger partial charge is 0.426 e. The molecule has 1 aliphatic rings. The predicted octanol–water partition coefficient (Wildman–Crippen LogP) is 6.60. The molecule has 5 rings (SSSR count). The summed E-state index contributed by atoms with van der Waals surface area (Å²) in [6, 6.07) is 28.8. The number of hydrogen-bond acceptors (Lipinski definition) is 4. The smallest absolute Gasteiger partial charge is 0.308 e. The monoisotopic (exact) mass is 449 g/mol. The predicted molar refractivity (Wildman–Crippen MR) is 133 cm³/mol. The highest BCUT2D eigenvalue weighted by atomic mass is 16.5. The van der Waals surface area contributed by atoms with Crippen LogP contribution in [0.25, 0.3) is 6.08 Å². The Morgan fingerprint density at radius 2 is 1.71 bits per heavy atom. The fourth-order valence-electron chi connectivity index (χ4n) is 4.79. The number of carbonyl (C=O) groups excluding carboxylic acids is 1. The average molecular weight is 450 g/mol. The summed E-state index contributed by atoms with van der Waals surface area (Å²) in [5.74, 6) is 1.59. The van der Waals surface area contributed by atoms with E-state index in [0.29, 0.717) is 11.7 Å². The maximum atomic E-state index is 11.4. The van der Waals surface area contributed by atoms with Crippen LogP contribution in [0.5, 0.6) is 5.75 Å². The van der Waals surface area contributed by atoms with Crippen LogP contribution in [0.3, 0.4) is 0 Å². The van der Waals surface area contributed by atoms with Crippen LogP contribution in [0.2, 0.25) is 0 Å². The number of ether oxygens (including phenoxy) is 1. The van der Waals surface area contributed by atoms with Gasteiger partial charge in [0, 0.05) is 13.0 Å². The van der Waals surface area contributed by atoms with Crippen molar-refractivity contribution in [2.45, 2.75) is 32.1 Å². The molecule has 0 bridgehead atoms. The first kappa shape index (κ1) is 21.9. The topological polar surface area (TPSA) is 52.3 Å². The number of benzene rings is 3. The SMILES string of the molecule is CC(=O)Oc1cccc2c1CCC(C=Cc1cc(C(c3ccccc3)c3ccccc3)no1)C2. The van der Waals surface area contributed by atoms with Crippen molar-refractivity contribution < 1.29 is 14.1 Å². The van der Waals surface area contributed by atoms with E-state index in [-0.39, 0.29) is 11.9 Å². The molecule has 170 valence electrons. The van der Waals surface area contributed by atoms with E-state index in [9.17, 15) is 4.79 Å². The van der Waals surface area contributed by atoms with Gasteiger partial charge in [-0.3, -0.25) is 4.79 Å². The molecule has 1 aromatic heterocycles. The molecule has 4 aromatic rings. The van der Waals surface area contributed by atoms with Crippen LogP contribution >= 0.6 is 0 Å². The summed E-state index contributed by atoms with van der Waals surface area (Å²) in [7, 11) is 0. The lowest BCUT2D eigenvalue weighted by Gasteiger charge is -2.23. The molecule has 1 unspecified atom stereocenters. The van der Waals surface area contributed by atoms with Crippen molar-refractivity contribution in [2.75, 3.05) is 0 Å². The minimum atomic E-state index is -0.277. The van der Waals surface area contributed by atoms with Gasteiger partial charge in [0.1, 0.15) is 5.75 Å². The van der Waals surface area contributed by atoms with E-state index in [0.717, 1.165) is 36.3 Å². The van der Waals surface area contributed by atoms with Gasteiger partial charge in [-0.05, 0) is 59.6 Å². The second kappa shape index (κ2) is 9.92. The zero-order valence-electron chi connectivity index (χ0n) is 19.2. The Kier molecular flexibility index (Phi) is 6.39. The van der Waals surface area contributed by atoms with E-state index < -0.39 is 0 Å². The molecule has 1 heterocycles. The Hall–Kier alpha value is -3.92. The van der Waals surface area contributed by atoms with Gasteiger partial charge in [0.2, 0.25) is 0 Å². The molecule has 0 N–H and O–H groups in total. The Morgan fingerprint density at radius 1 is 1.00 bits per heavy atom. The third kappa shape index (κ3) is 4.86. The van der Waals surface area contributed by atoms with Crippen LogP contribution in [0.4, 0.5) is 0 Å². The second-order valence-electron chi connectivity index (χ2n) is 8.76. The minimum absolute atomic E-state index is 0.0227. The van der Waals surface area contributed by atoms with Crippen LogP contribution in [-0.4, -0.2) is 11.1 Å². The average Bonchev–Trinajstić information content (AvgIpc) is 3.32. The summed E-state index contributed by atoms with van der Waals surface area (Å²) < 4.78 is 11.1. The van der Waals surface area contributed by atoms with E-state index in [1.54, 1.807) is 0 Å². The summed E-state index contributed by atoms with van der Waals surface area (Å²) >= 11 is 0. The van der Waals surface area contributed by atoms with Crippen LogP contribution in [0, 0.1) is 5.92 Å². The zero-order chi connectivity index (χ0) is 23.3. The number of nitrogens with zero attached hydrogens (tertiary/aromatic N) is 1. The zero-order valence-corrected chi connectivity index (χ0v) is 19.2. The second-order valence-corrected chi connectivity index (χ2v) is 8.76. The van der Waals surface area contributed by atoms with Gasteiger partial charge >= 0.3 is 5.97 Å². The van der Waals surface area contributed by atoms with Gasteiger partial charge in [-0.2, -0.15) is 0 Å². The summed E-state index contributed by atoms with van der Waals surface area (Å²) in [5.41, 5.74) is 5.66. The number of carbonyl (C=O) groups is 1. The fourth-order valence-corrected chi connectivity index (χ4v) is 4.79. The Morgan fingerprint density at radius 3 is 2.38 bits per heavy atom. The third-order valence-corrected chi connectivity index (χ3v) is 6.37. The van der Waals surface area contributed by atoms with E-state index in [4.69, 9.17) is 9.26 Å². The summed E-state index contributed by atoms with van der Waals surface area (Å²) in [4.78, 5) is 11.4. The van der Waals surface area contributed by atoms with Crippen molar-refractivity contribution in [3.8, 4) is 5.75 Å². The molecule has 0 fully saturated rings. The molecule has 0 spiro atoms. The van der Waals surface area contributed by atoms with Crippen molar-refractivity contribution >= 4 is 12.0 Å². The van der Waals surface area contributed by atoms with Gasteiger partial charge in [-0.15, -0.1) is 0 Å². The molecule has 34 heavy (non-hydrogen) atoms. The van der Waals surface area contributed by atoms with E-state index in [2.05, 4.69) is 65.8 Å². The van der Waals surface area contributed by atoms with Crippen LogP contribution in [-0.2, 0) is 17.6 Å². The van der Waals surface area contributed by atoms with Gasteiger partial charge in [0.15, 0.2) is 5.76 Å². The molecule has 0 saturated carbocycles. The minimum Gasteiger partial charge on any atom is -0.426 e. The lowest BCUT2D eigenvalue weighted by molar-refractivity contribution is -0.131. The fraction of sp³-hybridized carbons (Fsp3) is 0.200. The van der Waals surface area contributed by atoms with Gasteiger partial charge < -0.3 is 9.26 Å². The summed E-state index contributed by atoms with van der Waals surface area (Å²) in [6.45, 7) is 1.44. The number of esters is 1. The summed E-state index contributed by atoms with van der Waals surface area (Å²) in [5, 5.41) is 4.43. The molecular weight excluding hydrogens is 422 g/mol. The standard InChI is InChI=1S/C30H27NO3/c1-21(32)33-29-14-8-13-25-19-22(16-18-27(25)29)15-17-26-20-28(31-34-26)30(23-9-4-2-5-10-23)24-11-6-3-7-12-24/h2-15,17,20,22,30H,16,18-19H2,1H3. The number of hydrogen-bond donors (Lipinski definition) is 0. The molecule has 1 atom stereocenters. The third-order valence-electron chi connectivity index (χ3n) is 6.37. The molecule has 1 aliphatic carbocycles.